The zero-order valence-corrected chi connectivity index (χ0v) is 21.5. The molecule has 1 N–H and O–H groups in total. The molecule has 0 saturated carbocycles. The Bertz CT molecular complexity index is 1440. The van der Waals surface area contributed by atoms with Gasteiger partial charge in [-0.1, -0.05) is 60.1 Å². The van der Waals surface area contributed by atoms with Crippen LogP contribution in [0.2, 0.25) is 5.02 Å². The Labute approximate surface area is 224 Å². The first-order valence-corrected chi connectivity index (χ1v) is 13.2. The second-order valence-electron chi connectivity index (χ2n) is 8.87. The fourth-order valence-corrected chi connectivity index (χ4v) is 5.65. The Hall–Kier alpha value is -3.61. The van der Waals surface area contributed by atoms with Gasteiger partial charge in [0.2, 0.25) is 5.91 Å². The van der Waals surface area contributed by atoms with Gasteiger partial charge in [-0.05, 0) is 64.7 Å². The van der Waals surface area contributed by atoms with Crippen LogP contribution >= 0.6 is 23.4 Å². The number of carbonyl (C=O) groups is 2. The number of benzene rings is 4. The molecule has 0 aliphatic carbocycles. The Kier molecular flexibility index (Phi) is 7.58. The van der Waals surface area contributed by atoms with E-state index in [1.807, 2.05) is 48.5 Å². The van der Waals surface area contributed by atoms with Gasteiger partial charge in [-0.15, -0.1) is 11.8 Å². The SMILES string of the molecule is O=C(Cc1ccccc1Cl)Nc1cc2c(c(SCc3ccccc3)c1)CN(C(=O)c1ccc(F)cc1)C2. The summed E-state index contributed by atoms with van der Waals surface area (Å²) < 4.78 is 13.4. The second-order valence-corrected chi connectivity index (χ2v) is 10.3. The summed E-state index contributed by atoms with van der Waals surface area (Å²) in [6.45, 7) is 0.870. The quantitative estimate of drug-likeness (QED) is 0.259. The number of anilines is 1. The van der Waals surface area contributed by atoms with E-state index >= 15 is 0 Å². The van der Waals surface area contributed by atoms with Crippen LogP contribution in [0.5, 0.6) is 0 Å². The normalized spacial score (nSPS) is 12.3. The standard InChI is InChI=1S/C30H24ClFN2O2S/c31-27-9-5-4-8-22(27)15-29(35)33-25-14-23-17-34(30(36)21-10-12-24(32)13-11-21)18-26(23)28(16-25)37-19-20-6-2-1-3-7-20/h1-14,16H,15,17-19H2,(H,33,35). The number of rotatable bonds is 7. The molecule has 1 aliphatic heterocycles. The highest BCUT2D eigenvalue weighted by molar-refractivity contribution is 7.98. The van der Waals surface area contributed by atoms with Crippen molar-refractivity contribution in [3.63, 3.8) is 0 Å². The number of thioether (sulfide) groups is 1. The van der Waals surface area contributed by atoms with Gasteiger partial charge >= 0.3 is 0 Å². The summed E-state index contributed by atoms with van der Waals surface area (Å²) in [5.74, 6) is 0.0674. The average molecular weight is 531 g/mol. The largest absolute Gasteiger partial charge is 0.330 e. The lowest BCUT2D eigenvalue weighted by Gasteiger charge is -2.15. The monoisotopic (exact) mass is 530 g/mol. The molecule has 2 amide bonds. The van der Waals surface area contributed by atoms with Gasteiger partial charge in [-0.2, -0.15) is 0 Å². The van der Waals surface area contributed by atoms with Crippen molar-refractivity contribution in [1.29, 1.82) is 0 Å². The third-order valence-electron chi connectivity index (χ3n) is 6.22. The summed E-state index contributed by atoms with van der Waals surface area (Å²) in [7, 11) is 0. The zero-order valence-electron chi connectivity index (χ0n) is 19.9. The molecule has 0 spiro atoms. The van der Waals surface area contributed by atoms with Gasteiger partial charge < -0.3 is 10.2 Å². The van der Waals surface area contributed by atoms with Crippen molar-refractivity contribution in [2.75, 3.05) is 5.32 Å². The summed E-state index contributed by atoms with van der Waals surface area (Å²) in [6, 6.07) is 27.0. The molecular formula is C30H24ClFN2O2S. The van der Waals surface area contributed by atoms with Crippen LogP contribution in [-0.2, 0) is 30.1 Å². The van der Waals surface area contributed by atoms with E-state index in [1.54, 1.807) is 22.7 Å². The first kappa shape index (κ1) is 25.1. The Balaban J connectivity index is 1.38. The van der Waals surface area contributed by atoms with E-state index in [1.165, 1.54) is 29.8 Å². The summed E-state index contributed by atoms with van der Waals surface area (Å²) in [5.41, 5.74) is 5.13. The minimum absolute atomic E-state index is 0.153. The molecular weight excluding hydrogens is 507 g/mol. The van der Waals surface area contributed by atoms with Crippen molar-refractivity contribution < 1.29 is 14.0 Å². The summed E-state index contributed by atoms with van der Waals surface area (Å²) in [5, 5.41) is 3.57. The zero-order chi connectivity index (χ0) is 25.8. The summed E-state index contributed by atoms with van der Waals surface area (Å²) in [4.78, 5) is 28.7. The Morgan fingerprint density at radius 2 is 1.65 bits per heavy atom. The lowest BCUT2D eigenvalue weighted by atomic mass is 10.1. The predicted molar refractivity (Wildman–Crippen MR) is 146 cm³/mol. The average Bonchev–Trinajstić information content (AvgIpc) is 3.33. The molecule has 0 radical (unpaired) electrons. The second kappa shape index (κ2) is 11.2. The number of hydrogen-bond acceptors (Lipinski definition) is 3. The van der Waals surface area contributed by atoms with Crippen molar-refractivity contribution in [2.24, 2.45) is 0 Å². The van der Waals surface area contributed by atoms with Crippen LogP contribution in [0.1, 0.15) is 32.6 Å². The van der Waals surface area contributed by atoms with Crippen LogP contribution in [0, 0.1) is 5.82 Å². The van der Waals surface area contributed by atoms with Crippen molar-refractivity contribution >= 4 is 40.9 Å². The molecule has 0 aromatic heterocycles. The van der Waals surface area contributed by atoms with Crippen molar-refractivity contribution in [3.05, 3.63) is 130 Å². The molecule has 4 nitrogen and oxygen atoms in total. The van der Waals surface area contributed by atoms with Crippen molar-refractivity contribution in [2.45, 2.75) is 30.2 Å². The minimum Gasteiger partial charge on any atom is -0.330 e. The third kappa shape index (κ3) is 6.04. The van der Waals surface area contributed by atoms with E-state index in [9.17, 15) is 14.0 Å². The molecule has 0 bridgehead atoms. The van der Waals surface area contributed by atoms with E-state index < -0.39 is 0 Å². The number of carbonyl (C=O) groups excluding carboxylic acids is 2. The smallest absolute Gasteiger partial charge is 0.254 e. The topological polar surface area (TPSA) is 49.4 Å². The maximum atomic E-state index is 13.4. The number of nitrogens with zero attached hydrogens (tertiary/aromatic N) is 1. The highest BCUT2D eigenvalue weighted by atomic mass is 35.5. The van der Waals surface area contributed by atoms with Gasteiger partial charge in [-0.25, -0.2) is 4.39 Å². The third-order valence-corrected chi connectivity index (χ3v) is 7.74. The molecule has 1 heterocycles. The molecule has 186 valence electrons. The lowest BCUT2D eigenvalue weighted by Crippen LogP contribution is -2.25. The molecule has 0 unspecified atom stereocenters. The molecule has 0 fully saturated rings. The number of halogens is 2. The van der Waals surface area contributed by atoms with E-state index in [-0.39, 0.29) is 24.1 Å². The molecule has 4 aromatic rings. The number of fused-ring (bicyclic) bond motifs is 1. The van der Waals surface area contributed by atoms with E-state index in [0.29, 0.717) is 29.4 Å². The van der Waals surface area contributed by atoms with E-state index in [0.717, 1.165) is 27.3 Å². The predicted octanol–water partition coefficient (Wildman–Crippen LogP) is 7.11. The number of hydrogen-bond donors (Lipinski definition) is 1. The summed E-state index contributed by atoms with van der Waals surface area (Å²) >= 11 is 7.91. The molecule has 5 rings (SSSR count). The van der Waals surface area contributed by atoms with Crippen LogP contribution < -0.4 is 5.32 Å². The van der Waals surface area contributed by atoms with Crippen LogP contribution in [-0.4, -0.2) is 16.7 Å². The van der Waals surface area contributed by atoms with Gasteiger partial charge in [0, 0.05) is 40.0 Å². The first-order valence-electron chi connectivity index (χ1n) is 11.9. The summed E-state index contributed by atoms with van der Waals surface area (Å²) in [6.07, 6.45) is 0.165. The Morgan fingerprint density at radius 1 is 0.919 bits per heavy atom. The molecule has 37 heavy (non-hydrogen) atoms. The maximum absolute atomic E-state index is 13.4. The molecule has 0 saturated heterocycles. The van der Waals surface area contributed by atoms with Crippen molar-refractivity contribution in [1.82, 2.24) is 4.90 Å². The maximum Gasteiger partial charge on any atom is 0.254 e. The number of nitrogens with one attached hydrogen (secondary N) is 1. The van der Waals surface area contributed by atoms with Crippen LogP contribution in [0.15, 0.2) is 95.9 Å². The highest BCUT2D eigenvalue weighted by Gasteiger charge is 2.27. The minimum atomic E-state index is -0.377. The van der Waals surface area contributed by atoms with E-state index in [2.05, 4.69) is 17.4 Å². The first-order chi connectivity index (χ1) is 18.0. The van der Waals surface area contributed by atoms with Gasteiger partial charge in [-0.3, -0.25) is 9.59 Å². The fourth-order valence-electron chi connectivity index (χ4n) is 4.35. The Morgan fingerprint density at radius 3 is 2.41 bits per heavy atom. The molecule has 1 aliphatic rings. The number of amides is 2. The highest BCUT2D eigenvalue weighted by Crippen LogP contribution is 2.37. The van der Waals surface area contributed by atoms with Crippen LogP contribution in [0.25, 0.3) is 0 Å². The van der Waals surface area contributed by atoms with Gasteiger partial charge in [0.25, 0.3) is 5.91 Å². The lowest BCUT2D eigenvalue weighted by molar-refractivity contribution is -0.115. The van der Waals surface area contributed by atoms with Gasteiger partial charge in [0.05, 0.1) is 6.42 Å². The molecule has 7 heteroatoms. The van der Waals surface area contributed by atoms with Gasteiger partial charge in [0.1, 0.15) is 5.82 Å². The van der Waals surface area contributed by atoms with Crippen LogP contribution in [0.3, 0.4) is 0 Å². The van der Waals surface area contributed by atoms with Gasteiger partial charge in [0.15, 0.2) is 0 Å². The van der Waals surface area contributed by atoms with Crippen molar-refractivity contribution in [3.8, 4) is 0 Å². The molecule has 0 atom stereocenters. The molecule has 4 aromatic carbocycles. The van der Waals surface area contributed by atoms with E-state index in [4.69, 9.17) is 11.6 Å². The fraction of sp³-hybridized carbons (Fsp3) is 0.133. The van der Waals surface area contributed by atoms with Crippen LogP contribution in [0.4, 0.5) is 10.1 Å².